The molecular formula is C16H12N. The average Bonchev–Trinajstić information content (AvgIpc) is 2.39. The first kappa shape index (κ1) is 10.0. The van der Waals surface area contributed by atoms with Gasteiger partial charge in [-0.3, -0.25) is 0 Å². The summed E-state index contributed by atoms with van der Waals surface area (Å²) in [4.78, 5) is 4.64. The zero-order valence-electron chi connectivity index (χ0n) is 9.64. The largest absolute Gasteiger partial charge is 0.248 e. The molecule has 1 aromatic heterocycles. The van der Waals surface area contributed by atoms with Gasteiger partial charge >= 0.3 is 0 Å². The Balaban J connectivity index is 2.14. The molecule has 0 saturated carbocycles. The van der Waals surface area contributed by atoms with Gasteiger partial charge in [0.2, 0.25) is 0 Å². The molecule has 0 aliphatic heterocycles. The fourth-order valence-corrected chi connectivity index (χ4v) is 1.87. The molecule has 2 aromatic carbocycles. The molecule has 0 N–H and O–H groups in total. The lowest BCUT2D eigenvalue weighted by atomic mass is 10.1. The first-order valence-corrected chi connectivity index (χ1v) is 5.67. The van der Waals surface area contributed by atoms with E-state index in [1.165, 1.54) is 5.56 Å². The summed E-state index contributed by atoms with van der Waals surface area (Å²) >= 11 is 0. The van der Waals surface area contributed by atoms with E-state index in [4.69, 9.17) is 0 Å². The topological polar surface area (TPSA) is 12.9 Å². The fourth-order valence-electron chi connectivity index (χ4n) is 1.87. The zero-order valence-corrected chi connectivity index (χ0v) is 9.64. The second-order valence-electron chi connectivity index (χ2n) is 4.17. The second kappa shape index (κ2) is 4.02. The van der Waals surface area contributed by atoms with Crippen LogP contribution in [0.1, 0.15) is 5.56 Å². The number of pyridine rings is 1. The first-order chi connectivity index (χ1) is 8.33. The van der Waals surface area contributed by atoms with Crippen molar-refractivity contribution < 1.29 is 0 Å². The van der Waals surface area contributed by atoms with Gasteiger partial charge in [0.25, 0.3) is 0 Å². The molecule has 81 valence electrons. The number of para-hydroxylation sites is 1. The third-order valence-corrected chi connectivity index (χ3v) is 2.86. The van der Waals surface area contributed by atoms with Crippen LogP contribution in [0.2, 0.25) is 0 Å². The minimum Gasteiger partial charge on any atom is -0.248 e. The van der Waals surface area contributed by atoms with Crippen LogP contribution in [0, 0.1) is 13.0 Å². The van der Waals surface area contributed by atoms with Crippen molar-refractivity contribution in [3.63, 3.8) is 0 Å². The van der Waals surface area contributed by atoms with Gasteiger partial charge in [0.15, 0.2) is 0 Å². The van der Waals surface area contributed by atoms with E-state index < -0.39 is 0 Å². The van der Waals surface area contributed by atoms with Gasteiger partial charge < -0.3 is 0 Å². The maximum Gasteiger partial charge on any atom is 0.0715 e. The van der Waals surface area contributed by atoms with Crippen LogP contribution in [0.5, 0.6) is 0 Å². The molecule has 3 rings (SSSR count). The van der Waals surface area contributed by atoms with Gasteiger partial charge in [0, 0.05) is 10.9 Å². The Morgan fingerprint density at radius 3 is 2.53 bits per heavy atom. The molecule has 1 nitrogen and oxygen atoms in total. The second-order valence-corrected chi connectivity index (χ2v) is 4.17. The highest BCUT2D eigenvalue weighted by molar-refractivity contribution is 5.80. The molecule has 0 atom stereocenters. The summed E-state index contributed by atoms with van der Waals surface area (Å²) in [6.07, 6.45) is 0. The van der Waals surface area contributed by atoms with Crippen molar-refractivity contribution in [1.29, 1.82) is 0 Å². The number of rotatable bonds is 1. The minimum atomic E-state index is 0.976. The van der Waals surface area contributed by atoms with Crippen LogP contribution in [0.4, 0.5) is 0 Å². The van der Waals surface area contributed by atoms with Gasteiger partial charge in [-0.25, -0.2) is 4.98 Å². The molecule has 0 fully saturated rings. The Hall–Kier alpha value is -2.15. The SMILES string of the molecule is Cc1ccc(-c2c[c]c3ccccc3n2)cc1. The summed E-state index contributed by atoms with van der Waals surface area (Å²) in [6, 6.07) is 21.7. The summed E-state index contributed by atoms with van der Waals surface area (Å²) in [7, 11) is 0. The van der Waals surface area contributed by atoms with E-state index in [1.807, 2.05) is 30.3 Å². The predicted molar refractivity (Wildman–Crippen MR) is 70.8 cm³/mol. The fraction of sp³-hybridized carbons (Fsp3) is 0.0625. The first-order valence-electron chi connectivity index (χ1n) is 5.67. The molecular weight excluding hydrogens is 206 g/mol. The lowest BCUT2D eigenvalue weighted by Crippen LogP contribution is -1.85. The number of fused-ring (bicyclic) bond motifs is 1. The van der Waals surface area contributed by atoms with Crippen molar-refractivity contribution in [2.75, 3.05) is 0 Å². The molecule has 0 spiro atoms. The molecule has 1 radical (unpaired) electrons. The Morgan fingerprint density at radius 2 is 1.71 bits per heavy atom. The highest BCUT2D eigenvalue weighted by Crippen LogP contribution is 2.20. The van der Waals surface area contributed by atoms with Crippen molar-refractivity contribution >= 4 is 10.9 Å². The molecule has 0 saturated heterocycles. The van der Waals surface area contributed by atoms with Crippen LogP contribution < -0.4 is 0 Å². The third kappa shape index (κ3) is 1.92. The van der Waals surface area contributed by atoms with Crippen LogP contribution in [0.3, 0.4) is 0 Å². The van der Waals surface area contributed by atoms with Crippen LogP contribution >= 0.6 is 0 Å². The van der Waals surface area contributed by atoms with Gasteiger partial charge in [0.1, 0.15) is 0 Å². The third-order valence-electron chi connectivity index (χ3n) is 2.86. The number of aryl methyl sites for hydroxylation is 1. The molecule has 17 heavy (non-hydrogen) atoms. The normalized spacial score (nSPS) is 10.6. The Morgan fingerprint density at radius 1 is 0.941 bits per heavy atom. The van der Waals surface area contributed by atoms with E-state index in [-0.39, 0.29) is 0 Å². The molecule has 1 heterocycles. The van der Waals surface area contributed by atoms with Crippen LogP contribution in [0.15, 0.2) is 54.6 Å². The molecule has 0 bridgehead atoms. The highest BCUT2D eigenvalue weighted by Gasteiger charge is 2.00. The van der Waals surface area contributed by atoms with Crippen molar-refractivity contribution in [2.45, 2.75) is 6.92 Å². The lowest BCUT2D eigenvalue weighted by molar-refractivity contribution is 1.38. The maximum atomic E-state index is 4.64. The monoisotopic (exact) mass is 218 g/mol. The van der Waals surface area contributed by atoms with Gasteiger partial charge in [-0.2, -0.15) is 0 Å². The van der Waals surface area contributed by atoms with Gasteiger partial charge in [-0.05, 0) is 25.1 Å². The van der Waals surface area contributed by atoms with Crippen LogP contribution in [0.25, 0.3) is 22.2 Å². The standard InChI is InChI=1S/C16H12N/c1-12-6-8-14(9-7-12)16-11-10-13-4-2-3-5-15(13)17-16/h2-9,11H,1H3. The molecule has 3 aromatic rings. The van der Waals surface area contributed by atoms with Crippen LogP contribution in [-0.2, 0) is 0 Å². The van der Waals surface area contributed by atoms with E-state index in [2.05, 4.69) is 42.2 Å². The number of aromatic nitrogens is 1. The Labute approximate surface area is 101 Å². The summed E-state index contributed by atoms with van der Waals surface area (Å²) in [6.45, 7) is 2.09. The average molecular weight is 218 g/mol. The number of nitrogens with zero attached hydrogens (tertiary/aromatic N) is 1. The Kier molecular flexibility index (Phi) is 2.37. The van der Waals surface area contributed by atoms with E-state index in [0.717, 1.165) is 22.2 Å². The van der Waals surface area contributed by atoms with Gasteiger partial charge in [-0.1, -0.05) is 48.0 Å². The maximum absolute atomic E-state index is 4.64. The predicted octanol–water partition coefficient (Wildman–Crippen LogP) is 4.01. The zero-order chi connectivity index (χ0) is 11.7. The Bertz CT molecular complexity index is 654. The van der Waals surface area contributed by atoms with Crippen molar-refractivity contribution in [3.05, 3.63) is 66.2 Å². The lowest BCUT2D eigenvalue weighted by Gasteiger charge is -2.03. The summed E-state index contributed by atoms with van der Waals surface area (Å²) in [5, 5.41) is 1.06. The van der Waals surface area contributed by atoms with E-state index in [9.17, 15) is 0 Å². The van der Waals surface area contributed by atoms with Gasteiger partial charge in [-0.15, -0.1) is 0 Å². The summed E-state index contributed by atoms with van der Waals surface area (Å²) < 4.78 is 0. The number of benzene rings is 2. The molecule has 0 amide bonds. The minimum absolute atomic E-state index is 0.976. The van der Waals surface area contributed by atoms with Crippen molar-refractivity contribution in [2.24, 2.45) is 0 Å². The van der Waals surface area contributed by atoms with E-state index in [1.54, 1.807) is 0 Å². The number of hydrogen-bond donors (Lipinski definition) is 0. The van der Waals surface area contributed by atoms with Crippen molar-refractivity contribution in [3.8, 4) is 11.3 Å². The summed E-state index contributed by atoms with van der Waals surface area (Å²) in [5.74, 6) is 0. The molecule has 0 aliphatic rings. The quantitative estimate of drug-likeness (QED) is 0.601. The number of hydrogen-bond acceptors (Lipinski definition) is 1. The van der Waals surface area contributed by atoms with E-state index in [0.29, 0.717) is 0 Å². The van der Waals surface area contributed by atoms with Crippen LogP contribution in [-0.4, -0.2) is 4.98 Å². The molecule has 0 aliphatic carbocycles. The summed E-state index contributed by atoms with van der Waals surface area (Å²) in [5.41, 5.74) is 4.37. The smallest absolute Gasteiger partial charge is 0.0715 e. The van der Waals surface area contributed by atoms with Crippen molar-refractivity contribution in [1.82, 2.24) is 4.98 Å². The molecule has 0 unspecified atom stereocenters. The van der Waals surface area contributed by atoms with Gasteiger partial charge in [0.05, 0.1) is 11.2 Å². The van der Waals surface area contributed by atoms with E-state index >= 15 is 0 Å². The highest BCUT2D eigenvalue weighted by atomic mass is 14.7. The molecule has 1 heteroatoms.